The van der Waals surface area contributed by atoms with E-state index in [1.54, 1.807) is 4.68 Å². The van der Waals surface area contributed by atoms with Crippen LogP contribution in [0.1, 0.15) is 35.5 Å². The molecule has 4 bridgehead atoms. The van der Waals surface area contributed by atoms with Gasteiger partial charge in [-0.3, -0.25) is 4.79 Å². The first kappa shape index (κ1) is 19.0. The number of fused-ring (bicyclic) bond motifs is 5. The van der Waals surface area contributed by atoms with Crippen molar-refractivity contribution in [3.05, 3.63) is 71.5 Å². The minimum absolute atomic E-state index is 0.0312. The minimum Gasteiger partial charge on any atom is -0.491 e. The van der Waals surface area contributed by atoms with E-state index in [1.807, 2.05) is 73.5 Å². The molecule has 2 aromatic carbocycles. The van der Waals surface area contributed by atoms with E-state index < -0.39 is 0 Å². The second kappa shape index (κ2) is 8.34. The molecule has 0 atom stereocenters. The quantitative estimate of drug-likeness (QED) is 0.636. The van der Waals surface area contributed by atoms with E-state index in [4.69, 9.17) is 9.47 Å². The monoisotopic (exact) mass is 392 g/mol. The number of ether oxygens (including phenoxy) is 2. The van der Waals surface area contributed by atoms with Gasteiger partial charge in [0.25, 0.3) is 5.91 Å². The molecule has 4 rings (SSSR count). The Morgan fingerprint density at radius 2 is 1.93 bits per heavy atom. The fourth-order valence-corrected chi connectivity index (χ4v) is 3.26. The second-order valence-corrected chi connectivity index (χ2v) is 7.28. The molecule has 0 unspecified atom stereocenters. The summed E-state index contributed by atoms with van der Waals surface area (Å²) >= 11 is 0. The third-order valence-corrected chi connectivity index (χ3v) is 4.80. The molecule has 1 aliphatic heterocycles. The Hall–Kier alpha value is -3.35. The maximum absolute atomic E-state index is 13.4. The molecular weight excluding hydrogens is 368 g/mol. The van der Waals surface area contributed by atoms with E-state index in [1.165, 1.54) is 0 Å². The predicted molar refractivity (Wildman–Crippen MR) is 108 cm³/mol. The summed E-state index contributed by atoms with van der Waals surface area (Å²) in [5.74, 6) is 1.26. The van der Waals surface area contributed by atoms with Gasteiger partial charge in [0.2, 0.25) is 0 Å². The SMILES string of the molecule is CC(C)N1Cc2cccc(c2)OCc2cn(nn2)CCOc2ccccc2C1=O. The van der Waals surface area contributed by atoms with E-state index >= 15 is 0 Å². The van der Waals surface area contributed by atoms with Crippen LogP contribution in [0, 0.1) is 0 Å². The molecule has 0 saturated carbocycles. The smallest absolute Gasteiger partial charge is 0.258 e. The number of para-hydroxylation sites is 1. The number of benzene rings is 2. The number of aromatic nitrogens is 3. The summed E-state index contributed by atoms with van der Waals surface area (Å²) in [6, 6.07) is 15.2. The summed E-state index contributed by atoms with van der Waals surface area (Å²) in [6.45, 7) is 5.76. The van der Waals surface area contributed by atoms with Gasteiger partial charge in [-0.15, -0.1) is 5.10 Å². The van der Waals surface area contributed by atoms with Crippen LogP contribution in [0.2, 0.25) is 0 Å². The van der Waals surface area contributed by atoms with Crippen LogP contribution in [0.25, 0.3) is 0 Å². The van der Waals surface area contributed by atoms with Gasteiger partial charge in [-0.25, -0.2) is 4.68 Å². The van der Waals surface area contributed by atoms with Gasteiger partial charge in [-0.2, -0.15) is 0 Å². The molecule has 7 heteroatoms. The summed E-state index contributed by atoms with van der Waals surface area (Å²) in [6.07, 6.45) is 1.84. The van der Waals surface area contributed by atoms with Gasteiger partial charge in [0.1, 0.15) is 30.4 Å². The van der Waals surface area contributed by atoms with Crippen molar-refractivity contribution in [2.45, 2.75) is 39.6 Å². The molecular formula is C22H24N4O3. The van der Waals surface area contributed by atoms with Crippen LogP contribution in [0.3, 0.4) is 0 Å². The maximum Gasteiger partial charge on any atom is 0.258 e. The van der Waals surface area contributed by atoms with E-state index in [0.717, 1.165) is 17.0 Å². The molecule has 1 aromatic heterocycles. The molecule has 0 spiro atoms. The van der Waals surface area contributed by atoms with Gasteiger partial charge in [0, 0.05) is 12.6 Å². The molecule has 0 fully saturated rings. The van der Waals surface area contributed by atoms with Crippen molar-refractivity contribution in [1.82, 2.24) is 19.9 Å². The van der Waals surface area contributed by atoms with Crippen molar-refractivity contribution in [3.8, 4) is 11.5 Å². The summed E-state index contributed by atoms with van der Waals surface area (Å²) in [5, 5.41) is 8.26. The molecule has 0 saturated heterocycles. The Balaban J connectivity index is 1.71. The van der Waals surface area contributed by atoms with E-state index in [0.29, 0.717) is 37.6 Å². The van der Waals surface area contributed by atoms with Crippen molar-refractivity contribution in [2.24, 2.45) is 0 Å². The fourth-order valence-electron chi connectivity index (χ4n) is 3.26. The van der Waals surface area contributed by atoms with E-state index in [-0.39, 0.29) is 11.9 Å². The van der Waals surface area contributed by atoms with Crippen LogP contribution < -0.4 is 9.47 Å². The topological polar surface area (TPSA) is 69.5 Å². The first-order valence-electron chi connectivity index (χ1n) is 9.73. The van der Waals surface area contributed by atoms with Gasteiger partial charge in [-0.1, -0.05) is 29.5 Å². The van der Waals surface area contributed by atoms with Gasteiger partial charge in [0.15, 0.2) is 0 Å². The van der Waals surface area contributed by atoms with Crippen LogP contribution in [0.15, 0.2) is 54.7 Å². The number of hydrogen-bond acceptors (Lipinski definition) is 5. The highest BCUT2D eigenvalue weighted by Gasteiger charge is 2.22. The largest absolute Gasteiger partial charge is 0.491 e. The third-order valence-electron chi connectivity index (χ3n) is 4.80. The Morgan fingerprint density at radius 3 is 2.79 bits per heavy atom. The molecule has 3 aromatic rings. The fraction of sp³-hybridized carbons (Fsp3) is 0.318. The summed E-state index contributed by atoms with van der Waals surface area (Å²) < 4.78 is 13.5. The molecule has 2 heterocycles. The lowest BCUT2D eigenvalue weighted by molar-refractivity contribution is 0.0685. The third kappa shape index (κ3) is 4.39. The van der Waals surface area contributed by atoms with Crippen LogP contribution in [-0.2, 0) is 19.7 Å². The molecule has 1 aliphatic rings. The highest BCUT2D eigenvalue weighted by molar-refractivity contribution is 5.97. The average molecular weight is 392 g/mol. The summed E-state index contributed by atoms with van der Waals surface area (Å²) in [7, 11) is 0. The van der Waals surface area contributed by atoms with Gasteiger partial charge in [-0.05, 0) is 43.7 Å². The van der Waals surface area contributed by atoms with Gasteiger partial charge >= 0.3 is 0 Å². The number of carbonyl (C=O) groups excluding carboxylic acids is 1. The lowest BCUT2D eigenvalue weighted by Crippen LogP contribution is -2.36. The normalized spacial score (nSPS) is 14.9. The number of hydrogen-bond donors (Lipinski definition) is 0. The Kier molecular flexibility index (Phi) is 5.46. The zero-order chi connectivity index (χ0) is 20.2. The number of carbonyl (C=O) groups is 1. The van der Waals surface area contributed by atoms with Crippen molar-refractivity contribution >= 4 is 5.91 Å². The van der Waals surface area contributed by atoms with Crippen LogP contribution in [0.4, 0.5) is 0 Å². The highest BCUT2D eigenvalue weighted by Crippen LogP contribution is 2.24. The number of rotatable bonds is 1. The first-order chi connectivity index (χ1) is 14.1. The molecule has 7 nitrogen and oxygen atoms in total. The molecule has 0 radical (unpaired) electrons. The molecule has 1 amide bonds. The molecule has 0 aliphatic carbocycles. The van der Waals surface area contributed by atoms with Crippen LogP contribution in [-0.4, -0.2) is 38.4 Å². The lowest BCUT2D eigenvalue weighted by atomic mass is 10.1. The van der Waals surface area contributed by atoms with Crippen molar-refractivity contribution in [1.29, 1.82) is 0 Å². The Bertz CT molecular complexity index is 999. The lowest BCUT2D eigenvalue weighted by Gasteiger charge is -2.28. The Labute approximate surface area is 169 Å². The molecule has 0 N–H and O–H groups in total. The highest BCUT2D eigenvalue weighted by atomic mass is 16.5. The van der Waals surface area contributed by atoms with Crippen LogP contribution >= 0.6 is 0 Å². The van der Waals surface area contributed by atoms with Gasteiger partial charge in [0.05, 0.1) is 18.3 Å². The number of amides is 1. The molecule has 29 heavy (non-hydrogen) atoms. The van der Waals surface area contributed by atoms with Gasteiger partial charge < -0.3 is 14.4 Å². The average Bonchev–Trinajstić information content (AvgIpc) is 3.18. The zero-order valence-electron chi connectivity index (χ0n) is 16.6. The van der Waals surface area contributed by atoms with Crippen molar-refractivity contribution in [3.63, 3.8) is 0 Å². The minimum atomic E-state index is -0.0583. The summed E-state index contributed by atoms with van der Waals surface area (Å²) in [4.78, 5) is 15.2. The van der Waals surface area contributed by atoms with Crippen LogP contribution in [0.5, 0.6) is 11.5 Å². The Morgan fingerprint density at radius 1 is 1.07 bits per heavy atom. The molecule has 150 valence electrons. The van der Waals surface area contributed by atoms with Crippen molar-refractivity contribution < 1.29 is 14.3 Å². The number of nitrogens with zero attached hydrogens (tertiary/aromatic N) is 4. The first-order valence-corrected chi connectivity index (χ1v) is 9.73. The summed E-state index contributed by atoms with van der Waals surface area (Å²) in [5.41, 5.74) is 2.31. The predicted octanol–water partition coefficient (Wildman–Crippen LogP) is 3.30. The van der Waals surface area contributed by atoms with E-state index in [2.05, 4.69) is 10.3 Å². The maximum atomic E-state index is 13.4. The van der Waals surface area contributed by atoms with E-state index in [9.17, 15) is 4.79 Å². The standard InChI is InChI=1S/C22H24N4O3/c1-16(2)26-13-17-6-5-7-19(12-17)29-15-18-14-25(24-23-18)10-11-28-21-9-4-3-8-20(21)22(26)27/h3-9,12,14,16H,10-11,13,15H2,1-2H3. The second-order valence-electron chi connectivity index (χ2n) is 7.28. The zero-order valence-corrected chi connectivity index (χ0v) is 16.6. The van der Waals surface area contributed by atoms with Crippen molar-refractivity contribution in [2.75, 3.05) is 6.61 Å².